The molecular formula is C17H23N5OS. The number of aryl methyl sites for hydroxylation is 1. The van der Waals surface area contributed by atoms with Gasteiger partial charge in [0.25, 0.3) is 0 Å². The maximum absolute atomic E-state index is 6.24. The molecule has 2 aromatic rings. The van der Waals surface area contributed by atoms with Crippen molar-refractivity contribution in [1.82, 2.24) is 19.9 Å². The Morgan fingerprint density at radius 1 is 1.21 bits per heavy atom. The topological polar surface area (TPSA) is 54.4 Å². The van der Waals surface area contributed by atoms with Gasteiger partial charge >= 0.3 is 0 Å². The summed E-state index contributed by atoms with van der Waals surface area (Å²) < 4.78 is 6.24. The van der Waals surface area contributed by atoms with Crippen molar-refractivity contribution in [2.45, 2.75) is 31.9 Å². The molecule has 4 rings (SSSR count). The third-order valence-electron chi connectivity index (χ3n) is 4.89. The molecule has 0 saturated carbocycles. The summed E-state index contributed by atoms with van der Waals surface area (Å²) >= 11 is 1.73. The number of rotatable bonds is 3. The molecule has 2 saturated heterocycles. The van der Waals surface area contributed by atoms with E-state index in [9.17, 15) is 0 Å². The monoisotopic (exact) mass is 345 g/mol. The zero-order valence-electron chi connectivity index (χ0n) is 14.0. The standard InChI is InChI=1S/C17H23N5OS/c1-14-20-15(12-24-14)11-21-9-10-23-17(13-21)3-7-22(8-4-17)16-18-5-2-6-19-16/h2,5-6,12H,3-4,7-11,13H2,1H3. The second-order valence-electron chi connectivity index (χ2n) is 6.64. The Morgan fingerprint density at radius 2 is 2.00 bits per heavy atom. The van der Waals surface area contributed by atoms with E-state index >= 15 is 0 Å². The minimum atomic E-state index is -0.0192. The highest BCUT2D eigenvalue weighted by Gasteiger charge is 2.40. The zero-order valence-corrected chi connectivity index (χ0v) is 14.8. The van der Waals surface area contributed by atoms with Crippen LogP contribution < -0.4 is 4.90 Å². The summed E-state index contributed by atoms with van der Waals surface area (Å²) in [5, 5.41) is 3.32. The molecule has 128 valence electrons. The third-order valence-corrected chi connectivity index (χ3v) is 5.71. The smallest absolute Gasteiger partial charge is 0.225 e. The van der Waals surface area contributed by atoms with E-state index in [0.717, 1.165) is 63.1 Å². The Hall–Kier alpha value is -1.57. The van der Waals surface area contributed by atoms with Crippen LogP contribution in [0, 0.1) is 6.92 Å². The minimum absolute atomic E-state index is 0.0192. The maximum atomic E-state index is 6.24. The minimum Gasteiger partial charge on any atom is -0.372 e. The molecule has 2 aromatic heterocycles. The van der Waals surface area contributed by atoms with Gasteiger partial charge < -0.3 is 9.64 Å². The molecule has 4 heterocycles. The summed E-state index contributed by atoms with van der Waals surface area (Å²) in [4.78, 5) is 18.1. The average Bonchev–Trinajstić information content (AvgIpc) is 3.01. The van der Waals surface area contributed by atoms with Crippen LogP contribution in [0.25, 0.3) is 0 Å². The first-order valence-electron chi connectivity index (χ1n) is 8.52. The summed E-state index contributed by atoms with van der Waals surface area (Å²) in [5.41, 5.74) is 1.17. The third kappa shape index (κ3) is 3.43. The van der Waals surface area contributed by atoms with Gasteiger partial charge in [-0.1, -0.05) is 0 Å². The molecule has 0 aromatic carbocycles. The molecule has 0 amide bonds. The van der Waals surface area contributed by atoms with Crippen molar-refractivity contribution in [2.24, 2.45) is 0 Å². The van der Waals surface area contributed by atoms with E-state index in [1.165, 1.54) is 5.69 Å². The summed E-state index contributed by atoms with van der Waals surface area (Å²) in [7, 11) is 0. The highest BCUT2D eigenvalue weighted by molar-refractivity contribution is 7.09. The molecular weight excluding hydrogens is 322 g/mol. The lowest BCUT2D eigenvalue weighted by Gasteiger charge is -2.47. The molecule has 0 radical (unpaired) electrons. The first-order chi connectivity index (χ1) is 11.7. The lowest BCUT2D eigenvalue weighted by atomic mass is 9.89. The highest BCUT2D eigenvalue weighted by Crippen LogP contribution is 2.31. The van der Waals surface area contributed by atoms with Crippen molar-refractivity contribution in [3.8, 4) is 0 Å². The van der Waals surface area contributed by atoms with Crippen molar-refractivity contribution in [2.75, 3.05) is 37.7 Å². The van der Waals surface area contributed by atoms with Crippen LogP contribution >= 0.6 is 11.3 Å². The number of aromatic nitrogens is 3. The van der Waals surface area contributed by atoms with Gasteiger partial charge in [-0.15, -0.1) is 11.3 Å². The zero-order chi connectivity index (χ0) is 16.4. The Balaban J connectivity index is 1.37. The van der Waals surface area contributed by atoms with E-state index < -0.39 is 0 Å². The SMILES string of the molecule is Cc1nc(CN2CCOC3(CCN(c4ncccn4)CC3)C2)cs1. The van der Waals surface area contributed by atoms with Crippen molar-refractivity contribution in [1.29, 1.82) is 0 Å². The number of hydrogen-bond acceptors (Lipinski definition) is 7. The van der Waals surface area contributed by atoms with Crippen LogP contribution in [0.4, 0.5) is 5.95 Å². The molecule has 0 N–H and O–H groups in total. The predicted molar refractivity (Wildman–Crippen MR) is 94.3 cm³/mol. The van der Waals surface area contributed by atoms with E-state index in [4.69, 9.17) is 4.74 Å². The molecule has 2 aliphatic heterocycles. The second kappa shape index (κ2) is 6.74. The van der Waals surface area contributed by atoms with Gasteiger partial charge in [0, 0.05) is 50.5 Å². The van der Waals surface area contributed by atoms with Crippen LogP contribution in [-0.4, -0.2) is 58.2 Å². The summed E-state index contributed by atoms with van der Waals surface area (Å²) in [5.74, 6) is 0.831. The van der Waals surface area contributed by atoms with Gasteiger partial charge in [0.15, 0.2) is 0 Å². The quantitative estimate of drug-likeness (QED) is 0.849. The van der Waals surface area contributed by atoms with E-state index in [1.807, 2.05) is 6.07 Å². The number of hydrogen-bond donors (Lipinski definition) is 0. The van der Waals surface area contributed by atoms with Crippen molar-refractivity contribution in [3.63, 3.8) is 0 Å². The molecule has 24 heavy (non-hydrogen) atoms. The molecule has 0 aliphatic carbocycles. The fourth-order valence-corrected chi connectivity index (χ4v) is 4.24. The molecule has 2 aliphatic rings. The van der Waals surface area contributed by atoms with Crippen LogP contribution in [0.15, 0.2) is 23.8 Å². The van der Waals surface area contributed by atoms with Crippen LogP contribution in [0.1, 0.15) is 23.5 Å². The van der Waals surface area contributed by atoms with Gasteiger partial charge in [-0.25, -0.2) is 15.0 Å². The number of morpholine rings is 1. The molecule has 1 spiro atoms. The van der Waals surface area contributed by atoms with Crippen LogP contribution in [0.5, 0.6) is 0 Å². The molecule has 7 heteroatoms. The summed E-state index contributed by atoms with van der Waals surface area (Å²) in [6.45, 7) is 7.69. The van der Waals surface area contributed by atoms with Gasteiger partial charge in [-0.2, -0.15) is 0 Å². The van der Waals surface area contributed by atoms with Crippen molar-refractivity contribution >= 4 is 17.3 Å². The van der Waals surface area contributed by atoms with E-state index in [1.54, 1.807) is 23.7 Å². The van der Waals surface area contributed by atoms with Gasteiger partial charge in [0.05, 0.1) is 22.9 Å². The molecule has 0 atom stereocenters. The largest absolute Gasteiger partial charge is 0.372 e. The first kappa shape index (κ1) is 15.9. The highest BCUT2D eigenvalue weighted by atomic mass is 32.1. The van der Waals surface area contributed by atoms with E-state index in [0.29, 0.717) is 0 Å². The van der Waals surface area contributed by atoms with Crippen LogP contribution in [0.2, 0.25) is 0 Å². The second-order valence-corrected chi connectivity index (χ2v) is 7.70. The molecule has 0 unspecified atom stereocenters. The normalized spacial score (nSPS) is 21.3. The van der Waals surface area contributed by atoms with Crippen molar-refractivity contribution < 1.29 is 4.74 Å². The number of anilines is 1. The average molecular weight is 345 g/mol. The Morgan fingerprint density at radius 3 is 2.71 bits per heavy atom. The number of piperidine rings is 1. The summed E-state index contributed by atoms with van der Waals surface area (Å²) in [6, 6.07) is 1.86. The number of thiazole rings is 1. The maximum Gasteiger partial charge on any atom is 0.225 e. The van der Waals surface area contributed by atoms with Crippen LogP contribution in [-0.2, 0) is 11.3 Å². The fourth-order valence-electron chi connectivity index (χ4n) is 3.64. The van der Waals surface area contributed by atoms with Crippen LogP contribution in [0.3, 0.4) is 0 Å². The predicted octanol–water partition coefficient (Wildman–Crippen LogP) is 2.11. The summed E-state index contributed by atoms with van der Waals surface area (Å²) in [6.07, 6.45) is 5.67. The number of ether oxygens (including phenoxy) is 1. The first-order valence-corrected chi connectivity index (χ1v) is 9.40. The van der Waals surface area contributed by atoms with Crippen molar-refractivity contribution in [3.05, 3.63) is 34.5 Å². The molecule has 0 bridgehead atoms. The molecule has 2 fully saturated rings. The molecule has 6 nitrogen and oxygen atoms in total. The Labute approximate surface area is 146 Å². The lowest BCUT2D eigenvalue weighted by molar-refractivity contribution is -0.123. The van der Waals surface area contributed by atoms with Gasteiger partial charge in [0.1, 0.15) is 0 Å². The Bertz CT molecular complexity index is 669. The van der Waals surface area contributed by atoms with Gasteiger partial charge in [-0.05, 0) is 25.8 Å². The lowest BCUT2D eigenvalue weighted by Crippen LogP contribution is -2.56. The van der Waals surface area contributed by atoms with E-state index in [-0.39, 0.29) is 5.60 Å². The van der Waals surface area contributed by atoms with E-state index in [2.05, 4.69) is 37.1 Å². The Kier molecular flexibility index (Phi) is 4.47. The van der Waals surface area contributed by atoms with Gasteiger partial charge in [0.2, 0.25) is 5.95 Å². The number of nitrogens with zero attached hydrogens (tertiary/aromatic N) is 5. The van der Waals surface area contributed by atoms with Gasteiger partial charge in [-0.3, -0.25) is 4.90 Å². The fraction of sp³-hybridized carbons (Fsp3) is 0.588.